The van der Waals surface area contributed by atoms with Gasteiger partial charge in [0.15, 0.2) is 5.69 Å². The Morgan fingerprint density at radius 2 is 1.94 bits per heavy atom. The van der Waals surface area contributed by atoms with Crippen molar-refractivity contribution in [1.29, 1.82) is 0 Å². The van der Waals surface area contributed by atoms with Crippen molar-refractivity contribution in [3.05, 3.63) is 64.7 Å². The van der Waals surface area contributed by atoms with Crippen LogP contribution in [0.2, 0.25) is 0 Å². The van der Waals surface area contributed by atoms with E-state index in [1.807, 2.05) is 0 Å². The largest absolute Gasteiger partial charge is 0.497 e. The van der Waals surface area contributed by atoms with Crippen molar-refractivity contribution in [3.8, 4) is 16.9 Å². The van der Waals surface area contributed by atoms with E-state index in [9.17, 15) is 18.0 Å². The highest BCUT2D eigenvalue weighted by molar-refractivity contribution is 9.08. The van der Waals surface area contributed by atoms with Crippen LogP contribution in [0.1, 0.15) is 32.9 Å². The number of fused-ring (bicyclic) bond motifs is 1. The van der Waals surface area contributed by atoms with Gasteiger partial charge in [-0.25, -0.2) is 0 Å². The summed E-state index contributed by atoms with van der Waals surface area (Å²) in [5.74, 6) is 0.400. The van der Waals surface area contributed by atoms with Crippen molar-refractivity contribution in [1.82, 2.24) is 19.7 Å². The van der Waals surface area contributed by atoms with Gasteiger partial charge in [-0.2, -0.15) is 18.3 Å². The van der Waals surface area contributed by atoms with Crippen LogP contribution in [-0.2, 0) is 31.5 Å². The standard InChI is InChI=1S/C22H20BrF3N4O2/c1-29-12-19(20(28-29)22(24,25)26)17-7-13(10-23)8-18-16(17)4-6-30(21(18)31)11-14-9-15(32-2)3-5-27-14/h3,5,7-9,12H,4,6,10-11H2,1-2H3. The number of aryl methyl sites for hydroxylation is 1. The molecule has 0 saturated carbocycles. The van der Waals surface area contributed by atoms with Gasteiger partial charge >= 0.3 is 6.18 Å². The summed E-state index contributed by atoms with van der Waals surface area (Å²) in [7, 11) is 3.01. The Kier molecular flexibility index (Phi) is 5.98. The van der Waals surface area contributed by atoms with E-state index in [-0.39, 0.29) is 18.0 Å². The summed E-state index contributed by atoms with van der Waals surface area (Å²) in [6.07, 6.45) is -1.21. The SMILES string of the molecule is COc1ccnc(CN2CCc3c(cc(CBr)cc3-c3cn(C)nc3C(F)(F)F)C2=O)c1. The summed E-state index contributed by atoms with van der Waals surface area (Å²) in [5.41, 5.74) is 1.82. The number of nitrogens with zero attached hydrogens (tertiary/aromatic N) is 4. The monoisotopic (exact) mass is 508 g/mol. The van der Waals surface area contributed by atoms with Gasteiger partial charge in [-0.1, -0.05) is 15.9 Å². The van der Waals surface area contributed by atoms with Crippen LogP contribution in [-0.4, -0.2) is 39.2 Å². The Bertz CT molecular complexity index is 1180. The van der Waals surface area contributed by atoms with Gasteiger partial charge in [-0.15, -0.1) is 0 Å². The van der Waals surface area contributed by atoms with Gasteiger partial charge < -0.3 is 9.64 Å². The average molecular weight is 509 g/mol. The van der Waals surface area contributed by atoms with Crippen molar-refractivity contribution in [2.45, 2.75) is 24.5 Å². The minimum Gasteiger partial charge on any atom is -0.497 e. The van der Waals surface area contributed by atoms with Crippen LogP contribution in [0.5, 0.6) is 5.75 Å². The minimum atomic E-state index is -4.60. The number of hydrogen-bond acceptors (Lipinski definition) is 4. The first-order chi connectivity index (χ1) is 15.2. The number of carbonyl (C=O) groups is 1. The first kappa shape index (κ1) is 22.3. The summed E-state index contributed by atoms with van der Waals surface area (Å²) in [5, 5.41) is 4.04. The van der Waals surface area contributed by atoms with Gasteiger partial charge in [0.2, 0.25) is 0 Å². The van der Waals surface area contributed by atoms with Gasteiger partial charge in [0.05, 0.1) is 19.3 Å². The molecule has 4 rings (SSSR count). The Morgan fingerprint density at radius 3 is 2.62 bits per heavy atom. The van der Waals surface area contributed by atoms with E-state index >= 15 is 0 Å². The Morgan fingerprint density at radius 1 is 1.19 bits per heavy atom. The molecule has 0 fully saturated rings. The number of alkyl halides is 4. The summed E-state index contributed by atoms with van der Waals surface area (Å²) in [6.45, 7) is 0.650. The first-order valence-electron chi connectivity index (χ1n) is 9.82. The first-order valence-corrected chi connectivity index (χ1v) is 10.9. The molecule has 32 heavy (non-hydrogen) atoms. The second-order valence-corrected chi connectivity index (χ2v) is 8.09. The number of carbonyl (C=O) groups excluding carboxylic acids is 1. The predicted molar refractivity (Wildman–Crippen MR) is 116 cm³/mol. The molecule has 2 aromatic heterocycles. The van der Waals surface area contributed by atoms with Crippen molar-refractivity contribution in [2.75, 3.05) is 13.7 Å². The Hall–Kier alpha value is -2.88. The van der Waals surface area contributed by atoms with Gasteiger partial charge in [0.1, 0.15) is 5.75 Å². The topological polar surface area (TPSA) is 60.2 Å². The predicted octanol–water partition coefficient (Wildman–Crippen LogP) is 4.60. The second kappa shape index (κ2) is 8.57. The highest BCUT2D eigenvalue weighted by Crippen LogP contribution is 2.40. The number of hydrogen-bond donors (Lipinski definition) is 0. The van der Waals surface area contributed by atoms with Crippen molar-refractivity contribution >= 4 is 21.8 Å². The summed E-state index contributed by atoms with van der Waals surface area (Å²) < 4.78 is 47.2. The lowest BCUT2D eigenvalue weighted by molar-refractivity contribution is -0.140. The normalized spacial score (nSPS) is 13.9. The third-order valence-electron chi connectivity index (χ3n) is 5.38. The van der Waals surface area contributed by atoms with E-state index in [4.69, 9.17) is 4.74 Å². The van der Waals surface area contributed by atoms with E-state index < -0.39 is 11.9 Å². The molecule has 1 aromatic carbocycles. The number of amides is 1. The van der Waals surface area contributed by atoms with Gasteiger partial charge in [-0.3, -0.25) is 14.5 Å². The maximum Gasteiger partial charge on any atom is 0.435 e. The molecular formula is C22H20BrF3N4O2. The van der Waals surface area contributed by atoms with E-state index in [2.05, 4.69) is 26.0 Å². The summed E-state index contributed by atoms with van der Waals surface area (Å²) in [4.78, 5) is 19.3. The number of benzene rings is 1. The summed E-state index contributed by atoms with van der Waals surface area (Å²) in [6, 6.07) is 6.92. The Labute approximate surface area is 191 Å². The fourth-order valence-corrected chi connectivity index (χ4v) is 4.26. The zero-order chi connectivity index (χ0) is 23.0. The van der Waals surface area contributed by atoms with E-state index in [1.165, 1.54) is 13.2 Å². The van der Waals surface area contributed by atoms with E-state index in [1.54, 1.807) is 42.5 Å². The smallest absolute Gasteiger partial charge is 0.435 e. The maximum atomic E-state index is 13.6. The lowest BCUT2D eigenvalue weighted by Gasteiger charge is -2.30. The van der Waals surface area contributed by atoms with Gasteiger partial charge in [0, 0.05) is 48.5 Å². The molecule has 168 valence electrons. The van der Waals surface area contributed by atoms with Crippen LogP contribution in [0.4, 0.5) is 13.2 Å². The van der Waals surface area contributed by atoms with Crippen molar-refractivity contribution < 1.29 is 22.7 Å². The molecule has 0 aliphatic carbocycles. The molecule has 1 aliphatic heterocycles. The van der Waals surface area contributed by atoms with Crippen LogP contribution >= 0.6 is 15.9 Å². The molecule has 3 heterocycles. The zero-order valence-electron chi connectivity index (χ0n) is 17.4. The molecule has 0 spiro atoms. The second-order valence-electron chi connectivity index (χ2n) is 7.53. The van der Waals surface area contributed by atoms with Crippen LogP contribution in [0.25, 0.3) is 11.1 Å². The van der Waals surface area contributed by atoms with Gasteiger partial charge in [0.25, 0.3) is 5.91 Å². The van der Waals surface area contributed by atoms with Crippen LogP contribution in [0, 0.1) is 0 Å². The molecule has 0 bridgehead atoms. The minimum absolute atomic E-state index is 0.0187. The average Bonchev–Trinajstić information content (AvgIpc) is 3.17. The lowest BCUT2D eigenvalue weighted by atomic mass is 9.88. The highest BCUT2D eigenvalue weighted by Gasteiger charge is 2.39. The molecular weight excluding hydrogens is 489 g/mol. The zero-order valence-corrected chi connectivity index (χ0v) is 19.0. The van der Waals surface area contributed by atoms with Gasteiger partial charge in [-0.05, 0) is 41.3 Å². The maximum absolute atomic E-state index is 13.6. The van der Waals surface area contributed by atoms with Crippen LogP contribution < -0.4 is 4.74 Å². The third-order valence-corrected chi connectivity index (χ3v) is 6.02. The van der Waals surface area contributed by atoms with Crippen molar-refractivity contribution in [3.63, 3.8) is 0 Å². The molecule has 1 aliphatic rings. The molecule has 0 atom stereocenters. The molecule has 10 heteroatoms. The molecule has 1 amide bonds. The van der Waals surface area contributed by atoms with E-state index in [0.29, 0.717) is 52.0 Å². The van der Waals surface area contributed by atoms with Crippen LogP contribution in [0.15, 0.2) is 36.7 Å². The van der Waals surface area contributed by atoms with E-state index in [0.717, 1.165) is 4.68 Å². The molecule has 0 radical (unpaired) electrons. The number of rotatable bonds is 5. The molecule has 3 aromatic rings. The number of aromatic nitrogens is 3. The molecule has 0 saturated heterocycles. The Balaban J connectivity index is 1.76. The number of halogens is 4. The fraction of sp³-hybridized carbons (Fsp3) is 0.318. The van der Waals surface area contributed by atoms with Crippen molar-refractivity contribution in [2.24, 2.45) is 7.05 Å². The molecule has 0 N–H and O–H groups in total. The number of pyridine rings is 1. The molecule has 6 nitrogen and oxygen atoms in total. The fourth-order valence-electron chi connectivity index (χ4n) is 3.94. The summed E-state index contributed by atoms with van der Waals surface area (Å²) >= 11 is 3.37. The highest BCUT2D eigenvalue weighted by atomic mass is 79.9. The number of ether oxygens (including phenoxy) is 1. The molecule has 0 unspecified atom stereocenters. The third kappa shape index (κ3) is 4.23. The quantitative estimate of drug-likeness (QED) is 0.472. The van der Waals surface area contributed by atoms with Crippen LogP contribution in [0.3, 0.4) is 0 Å². The lowest BCUT2D eigenvalue weighted by Crippen LogP contribution is -2.37. The number of methoxy groups -OCH3 is 1.